The molecule has 25 heavy (non-hydrogen) atoms. The van der Waals surface area contributed by atoms with Crippen LogP contribution >= 0.6 is 0 Å². The molecule has 1 unspecified atom stereocenters. The summed E-state index contributed by atoms with van der Waals surface area (Å²) in [6, 6.07) is 7.92. The fraction of sp³-hybridized carbons (Fsp3) is 0.474. The van der Waals surface area contributed by atoms with Crippen LogP contribution in [0.5, 0.6) is 5.75 Å². The van der Waals surface area contributed by atoms with Crippen LogP contribution in [0.1, 0.15) is 17.8 Å². The number of aromatic nitrogens is 2. The van der Waals surface area contributed by atoms with Gasteiger partial charge in [-0.25, -0.2) is 4.98 Å². The molecule has 0 saturated carbocycles. The standard InChI is InChI=1S/C19H25N3O3/c1-15-6-4-5-7-17(15)25-14-19(24-3)8-10-22(13-19)18(23)12-21-11-9-20-16(21)2/h4-7,9,11H,8,10,12-14H2,1-3H3. The topological polar surface area (TPSA) is 56.6 Å². The van der Waals surface area contributed by atoms with E-state index in [1.54, 1.807) is 13.3 Å². The molecular formula is C19H25N3O3. The lowest BCUT2D eigenvalue weighted by Crippen LogP contribution is -2.43. The lowest BCUT2D eigenvalue weighted by atomic mass is 10.0. The van der Waals surface area contributed by atoms with E-state index in [1.165, 1.54) is 0 Å². The monoisotopic (exact) mass is 343 g/mol. The van der Waals surface area contributed by atoms with Crippen LogP contribution in [0, 0.1) is 13.8 Å². The van der Waals surface area contributed by atoms with Gasteiger partial charge >= 0.3 is 0 Å². The van der Waals surface area contributed by atoms with Crippen molar-refractivity contribution in [3.05, 3.63) is 48.0 Å². The van der Waals surface area contributed by atoms with E-state index in [-0.39, 0.29) is 5.91 Å². The summed E-state index contributed by atoms with van der Waals surface area (Å²) in [6.45, 7) is 5.88. The van der Waals surface area contributed by atoms with Gasteiger partial charge in [-0.05, 0) is 31.9 Å². The fourth-order valence-corrected chi connectivity index (χ4v) is 3.15. The molecule has 3 rings (SSSR count). The zero-order chi connectivity index (χ0) is 17.9. The number of benzene rings is 1. The molecule has 134 valence electrons. The molecule has 0 radical (unpaired) electrons. The molecule has 1 atom stereocenters. The number of para-hydroxylation sites is 1. The number of carbonyl (C=O) groups excluding carboxylic acids is 1. The van der Waals surface area contributed by atoms with E-state index < -0.39 is 5.60 Å². The predicted octanol–water partition coefficient (Wildman–Crippen LogP) is 2.20. The Morgan fingerprint density at radius 2 is 2.12 bits per heavy atom. The van der Waals surface area contributed by atoms with Crippen LogP contribution in [-0.4, -0.2) is 52.8 Å². The number of amides is 1. The Morgan fingerprint density at radius 3 is 2.80 bits per heavy atom. The minimum absolute atomic E-state index is 0.0796. The van der Waals surface area contributed by atoms with Crippen molar-refractivity contribution in [1.29, 1.82) is 0 Å². The first kappa shape index (κ1) is 17.5. The second kappa shape index (κ2) is 7.27. The van der Waals surface area contributed by atoms with Crippen molar-refractivity contribution in [2.24, 2.45) is 0 Å². The van der Waals surface area contributed by atoms with Crippen molar-refractivity contribution >= 4 is 5.91 Å². The van der Waals surface area contributed by atoms with Gasteiger partial charge in [-0.2, -0.15) is 0 Å². The molecule has 1 aromatic carbocycles. The molecule has 1 aliphatic heterocycles. The van der Waals surface area contributed by atoms with Crippen LogP contribution in [0.3, 0.4) is 0 Å². The summed E-state index contributed by atoms with van der Waals surface area (Å²) in [5.41, 5.74) is 0.636. The number of rotatable bonds is 6. The maximum atomic E-state index is 12.6. The van der Waals surface area contributed by atoms with Gasteiger partial charge in [0, 0.05) is 26.0 Å². The normalized spacial score (nSPS) is 20.0. The summed E-state index contributed by atoms with van der Waals surface area (Å²) in [5.74, 6) is 1.78. The lowest BCUT2D eigenvalue weighted by molar-refractivity contribution is -0.132. The zero-order valence-corrected chi connectivity index (χ0v) is 15.1. The maximum Gasteiger partial charge on any atom is 0.242 e. The van der Waals surface area contributed by atoms with Crippen LogP contribution in [0.25, 0.3) is 0 Å². The smallest absolute Gasteiger partial charge is 0.242 e. The molecule has 6 nitrogen and oxygen atoms in total. The summed E-state index contributed by atoms with van der Waals surface area (Å²) in [7, 11) is 1.69. The van der Waals surface area contributed by atoms with Gasteiger partial charge in [-0.15, -0.1) is 0 Å². The van der Waals surface area contributed by atoms with Crippen LogP contribution in [-0.2, 0) is 16.1 Å². The molecule has 1 saturated heterocycles. The fourth-order valence-electron chi connectivity index (χ4n) is 3.15. The molecule has 0 N–H and O–H groups in total. The average molecular weight is 343 g/mol. The van der Waals surface area contributed by atoms with Gasteiger partial charge in [0.1, 0.15) is 30.3 Å². The second-order valence-electron chi connectivity index (χ2n) is 6.61. The first-order valence-corrected chi connectivity index (χ1v) is 8.52. The highest BCUT2D eigenvalue weighted by Gasteiger charge is 2.41. The SMILES string of the molecule is COC1(COc2ccccc2C)CCN(C(=O)Cn2ccnc2C)C1. The quantitative estimate of drug-likeness (QED) is 0.807. The van der Waals surface area contributed by atoms with Crippen molar-refractivity contribution in [3.63, 3.8) is 0 Å². The number of methoxy groups -OCH3 is 1. The first-order valence-electron chi connectivity index (χ1n) is 8.52. The number of hydrogen-bond donors (Lipinski definition) is 0. The van der Waals surface area contributed by atoms with E-state index in [0.29, 0.717) is 26.2 Å². The van der Waals surface area contributed by atoms with Gasteiger partial charge in [0.2, 0.25) is 5.91 Å². The summed E-state index contributed by atoms with van der Waals surface area (Å²) in [4.78, 5) is 18.6. The third-order valence-corrected chi connectivity index (χ3v) is 4.92. The summed E-state index contributed by atoms with van der Waals surface area (Å²) in [6.07, 6.45) is 4.31. The highest BCUT2D eigenvalue weighted by atomic mass is 16.5. The molecular weight excluding hydrogens is 318 g/mol. The van der Waals surface area contributed by atoms with Crippen LogP contribution in [0.4, 0.5) is 0 Å². The number of hydrogen-bond acceptors (Lipinski definition) is 4. The Bertz CT molecular complexity index is 743. The Labute approximate surface area is 148 Å². The van der Waals surface area contributed by atoms with Gasteiger partial charge in [0.25, 0.3) is 0 Å². The Balaban J connectivity index is 1.61. The third-order valence-electron chi connectivity index (χ3n) is 4.92. The zero-order valence-electron chi connectivity index (χ0n) is 15.1. The first-order chi connectivity index (χ1) is 12.0. The van der Waals surface area contributed by atoms with E-state index in [9.17, 15) is 4.79 Å². The minimum atomic E-state index is -0.456. The Morgan fingerprint density at radius 1 is 1.32 bits per heavy atom. The number of carbonyl (C=O) groups is 1. The van der Waals surface area contributed by atoms with Crippen molar-refractivity contribution in [1.82, 2.24) is 14.5 Å². The van der Waals surface area contributed by atoms with Gasteiger partial charge in [0.05, 0.1) is 6.54 Å². The van der Waals surface area contributed by atoms with Crippen molar-refractivity contribution in [2.45, 2.75) is 32.4 Å². The van der Waals surface area contributed by atoms with Crippen molar-refractivity contribution in [3.8, 4) is 5.75 Å². The molecule has 0 bridgehead atoms. The lowest BCUT2D eigenvalue weighted by Gasteiger charge is -2.28. The van der Waals surface area contributed by atoms with Crippen LogP contribution in [0.2, 0.25) is 0 Å². The Hall–Kier alpha value is -2.34. The molecule has 2 heterocycles. The number of ether oxygens (including phenoxy) is 2. The summed E-state index contributed by atoms with van der Waals surface area (Å²) < 4.78 is 13.6. The second-order valence-corrected chi connectivity index (χ2v) is 6.61. The molecule has 1 fully saturated rings. The number of imidazole rings is 1. The van der Waals surface area contributed by atoms with E-state index in [2.05, 4.69) is 4.98 Å². The summed E-state index contributed by atoms with van der Waals surface area (Å²) >= 11 is 0. The van der Waals surface area contributed by atoms with Crippen LogP contribution < -0.4 is 4.74 Å². The van der Waals surface area contributed by atoms with Gasteiger partial charge < -0.3 is 18.9 Å². The molecule has 0 aliphatic carbocycles. The van der Waals surface area contributed by atoms with Gasteiger partial charge in [-0.1, -0.05) is 18.2 Å². The molecule has 0 spiro atoms. The minimum Gasteiger partial charge on any atom is -0.490 e. The van der Waals surface area contributed by atoms with Crippen molar-refractivity contribution < 1.29 is 14.3 Å². The number of aryl methyl sites for hydroxylation is 2. The molecule has 1 amide bonds. The van der Waals surface area contributed by atoms with Crippen LogP contribution in [0.15, 0.2) is 36.7 Å². The Kier molecular flexibility index (Phi) is 5.08. The van der Waals surface area contributed by atoms with E-state index >= 15 is 0 Å². The molecule has 2 aromatic rings. The largest absolute Gasteiger partial charge is 0.490 e. The predicted molar refractivity (Wildman–Crippen MR) is 94.6 cm³/mol. The molecule has 1 aromatic heterocycles. The van der Waals surface area contributed by atoms with Crippen molar-refractivity contribution in [2.75, 3.05) is 26.8 Å². The van der Waals surface area contributed by atoms with Gasteiger partial charge in [0.15, 0.2) is 0 Å². The number of nitrogens with zero attached hydrogens (tertiary/aromatic N) is 3. The maximum absolute atomic E-state index is 12.6. The van der Waals surface area contributed by atoms with Gasteiger partial charge in [-0.3, -0.25) is 4.79 Å². The average Bonchev–Trinajstić information content (AvgIpc) is 3.22. The third kappa shape index (κ3) is 3.85. The van der Waals surface area contributed by atoms with E-state index in [0.717, 1.165) is 23.6 Å². The highest BCUT2D eigenvalue weighted by molar-refractivity contribution is 5.76. The van der Waals surface area contributed by atoms with E-state index in [1.807, 2.05) is 53.8 Å². The molecule has 1 aliphatic rings. The number of likely N-dealkylation sites (tertiary alicyclic amines) is 1. The van der Waals surface area contributed by atoms with E-state index in [4.69, 9.17) is 9.47 Å². The molecule has 6 heteroatoms. The summed E-state index contributed by atoms with van der Waals surface area (Å²) in [5, 5.41) is 0. The highest BCUT2D eigenvalue weighted by Crippen LogP contribution is 2.27.